The van der Waals surface area contributed by atoms with Crippen molar-refractivity contribution in [1.82, 2.24) is 0 Å². The second-order valence-electron chi connectivity index (χ2n) is 18.0. The third-order valence-corrected chi connectivity index (χ3v) is 14.6. The first-order valence-corrected chi connectivity index (χ1v) is 26.8. The highest BCUT2D eigenvalue weighted by atomic mass is 31.2. The van der Waals surface area contributed by atoms with E-state index in [0.717, 1.165) is 21.1 Å². The van der Waals surface area contributed by atoms with Gasteiger partial charge in [-0.05, 0) is 72.8 Å². The molecule has 2 aliphatic heterocycles. The largest absolute Gasteiger partial charge is 0.463 e. The van der Waals surface area contributed by atoms with Crippen LogP contribution in [0.3, 0.4) is 0 Å². The minimum Gasteiger partial charge on any atom is -0.463 e. The molecule has 10 atom stereocenters. The number of carbonyl (C=O) groups excluding carboxylic acids is 7. The van der Waals surface area contributed by atoms with Gasteiger partial charge in [-0.15, -0.1) is 0 Å². The quantitative estimate of drug-likeness (QED) is 0.0377. The Morgan fingerprint density at radius 3 is 1.04 bits per heavy atom. The van der Waals surface area contributed by atoms with Gasteiger partial charge in [-0.3, -0.25) is 9.36 Å². The van der Waals surface area contributed by atoms with Gasteiger partial charge in [-0.2, -0.15) is 0 Å². The molecule has 2 heterocycles. The molecule has 2 aliphatic rings. The van der Waals surface area contributed by atoms with Crippen molar-refractivity contribution in [1.29, 1.82) is 0 Å². The van der Waals surface area contributed by atoms with E-state index < -0.39 is 130 Å². The molecule has 0 N–H and O–H groups in total. The van der Waals surface area contributed by atoms with E-state index in [4.69, 9.17) is 56.4 Å². The summed E-state index contributed by atoms with van der Waals surface area (Å²) in [5.41, 5.74) is 0.149. The van der Waals surface area contributed by atoms with Crippen LogP contribution in [0.5, 0.6) is 0 Å². The summed E-state index contributed by atoms with van der Waals surface area (Å²) < 4.78 is 87.7. The summed E-state index contributed by atoms with van der Waals surface area (Å²) in [7, 11) is -1.94. The Hall–Kier alpha value is -8.36. The lowest BCUT2D eigenvalue weighted by molar-refractivity contribution is -0.338. The van der Waals surface area contributed by atoms with Gasteiger partial charge in [0.25, 0.3) is 0 Å². The molecule has 8 rings (SSSR count). The smallest absolute Gasteiger partial charge is 0.338 e. The SMILES string of the molecule is COP(=O)(C[C@H]1O[C@H](COC(=O)c2ccccc2)[C@@H](O[C@@H]2O[C@H](COC(C)=O)[C@H](OC(=O)c3ccccc3)[C@H](OC(=O)c3ccccc3)[C@H]2OC(=O)c2ccccc2)[C@H](OC(=O)c2ccccc2)[C@@H]1OC(=O)c1ccccc1)OC. The Morgan fingerprint density at radius 2 is 0.675 bits per heavy atom. The fourth-order valence-corrected chi connectivity index (χ4v) is 9.86. The van der Waals surface area contributed by atoms with Gasteiger partial charge < -0.3 is 56.4 Å². The molecule has 416 valence electrons. The van der Waals surface area contributed by atoms with Crippen LogP contribution in [0.1, 0.15) is 69.1 Å². The number of benzene rings is 6. The zero-order valence-electron chi connectivity index (χ0n) is 43.3. The van der Waals surface area contributed by atoms with Crippen molar-refractivity contribution in [3.8, 4) is 0 Å². The van der Waals surface area contributed by atoms with Crippen molar-refractivity contribution in [3.05, 3.63) is 215 Å². The molecule has 0 saturated carbocycles. The molecule has 6 aromatic rings. The van der Waals surface area contributed by atoms with E-state index in [1.807, 2.05) is 0 Å². The molecular weight excluding hydrogens is 1060 g/mol. The predicted octanol–water partition coefficient (Wildman–Crippen LogP) is 7.90. The molecule has 0 unspecified atom stereocenters. The van der Waals surface area contributed by atoms with Gasteiger partial charge in [0, 0.05) is 21.1 Å². The molecule has 0 spiro atoms. The molecular formula is C59H55O20P. The van der Waals surface area contributed by atoms with Gasteiger partial charge in [0.05, 0.1) is 39.5 Å². The van der Waals surface area contributed by atoms with Crippen molar-refractivity contribution in [3.63, 3.8) is 0 Å². The van der Waals surface area contributed by atoms with E-state index in [-0.39, 0.29) is 33.4 Å². The van der Waals surface area contributed by atoms with Crippen molar-refractivity contribution in [2.45, 2.75) is 68.1 Å². The van der Waals surface area contributed by atoms with Crippen LogP contribution < -0.4 is 0 Å². The van der Waals surface area contributed by atoms with Crippen LogP contribution in [-0.2, 0) is 65.8 Å². The number of ether oxygens (including phenoxy) is 10. The zero-order valence-corrected chi connectivity index (χ0v) is 44.2. The van der Waals surface area contributed by atoms with Crippen LogP contribution >= 0.6 is 7.60 Å². The normalized spacial score (nSPS) is 22.5. The van der Waals surface area contributed by atoms with E-state index in [2.05, 4.69) is 0 Å². The summed E-state index contributed by atoms with van der Waals surface area (Å²) in [5, 5.41) is 0. The Labute approximate surface area is 459 Å². The summed E-state index contributed by atoms with van der Waals surface area (Å²) in [6, 6.07) is 46.2. The average molecular weight is 1120 g/mol. The van der Waals surface area contributed by atoms with Gasteiger partial charge in [0.15, 0.2) is 36.8 Å². The Bertz CT molecular complexity index is 3090. The minimum absolute atomic E-state index is 0.00153. The minimum atomic E-state index is -4.17. The first-order chi connectivity index (χ1) is 38.7. The molecule has 2 saturated heterocycles. The summed E-state index contributed by atoms with van der Waals surface area (Å²) >= 11 is 0. The van der Waals surface area contributed by atoms with Crippen molar-refractivity contribution >= 4 is 49.4 Å². The first kappa shape index (κ1) is 57.8. The second-order valence-corrected chi connectivity index (χ2v) is 20.3. The molecule has 0 bridgehead atoms. The second kappa shape index (κ2) is 27.5. The highest BCUT2D eigenvalue weighted by Gasteiger charge is 2.59. The topological polar surface area (TPSA) is 247 Å². The molecule has 20 nitrogen and oxygen atoms in total. The Balaban J connectivity index is 1.31. The van der Waals surface area contributed by atoms with Crippen LogP contribution in [0.2, 0.25) is 0 Å². The molecule has 21 heteroatoms. The maximum absolute atomic E-state index is 14.5. The fourth-order valence-electron chi connectivity index (χ4n) is 8.68. The van der Waals surface area contributed by atoms with E-state index in [1.54, 1.807) is 109 Å². The zero-order chi connectivity index (χ0) is 56.6. The van der Waals surface area contributed by atoms with Crippen LogP contribution in [0.4, 0.5) is 0 Å². The number of hydrogen-bond donors (Lipinski definition) is 0. The summed E-state index contributed by atoms with van der Waals surface area (Å²) in [5.74, 6) is -6.69. The van der Waals surface area contributed by atoms with E-state index in [9.17, 15) is 38.1 Å². The van der Waals surface area contributed by atoms with Gasteiger partial charge in [0.2, 0.25) is 0 Å². The highest BCUT2D eigenvalue weighted by Crippen LogP contribution is 2.49. The van der Waals surface area contributed by atoms with Crippen molar-refractivity contribution in [2.75, 3.05) is 33.6 Å². The number of esters is 7. The monoisotopic (exact) mass is 1110 g/mol. The van der Waals surface area contributed by atoms with Crippen LogP contribution in [0, 0.1) is 0 Å². The van der Waals surface area contributed by atoms with Gasteiger partial charge in [-0.25, -0.2) is 28.8 Å². The standard InChI is InChI=1S/C59H55O20P/c1-37(60)70-34-45-47(74-54(62)39-24-12-5-13-25-39)51(77-57(65)42-30-18-8-19-31-42)52(78-58(66)43-32-20-9-21-33-43)59(73-45)79-48-44(35-71-53(61)38-22-10-4-11-23-38)72-46(36-80(67,68-2)69-3)49(75-55(63)40-26-14-6-15-27-40)50(48)76-56(64)41-28-16-7-17-29-41/h4-33,44-52,59H,34-36H2,1-3H3/t44-,45-,46-,47+,48-,49-,50+,51+,52-,59+/m1/s1. The lowest BCUT2D eigenvalue weighted by Gasteiger charge is -2.49. The summed E-state index contributed by atoms with van der Waals surface area (Å²) in [6.07, 6.45) is -18.9. The molecule has 0 aliphatic carbocycles. The summed E-state index contributed by atoms with van der Waals surface area (Å²) in [6.45, 7) is -0.361. The molecule has 2 fully saturated rings. The molecule has 0 radical (unpaired) electrons. The van der Waals surface area contributed by atoms with E-state index in [1.165, 1.54) is 72.8 Å². The van der Waals surface area contributed by atoms with Crippen LogP contribution in [-0.4, -0.2) is 137 Å². The molecule has 6 aromatic carbocycles. The third-order valence-electron chi connectivity index (χ3n) is 12.7. The summed E-state index contributed by atoms with van der Waals surface area (Å²) in [4.78, 5) is 98.3. The molecule has 0 aromatic heterocycles. The first-order valence-electron chi connectivity index (χ1n) is 25.1. The van der Waals surface area contributed by atoms with Gasteiger partial charge in [0.1, 0.15) is 37.6 Å². The maximum atomic E-state index is 14.5. The third kappa shape index (κ3) is 14.9. The van der Waals surface area contributed by atoms with Gasteiger partial charge in [-0.1, -0.05) is 109 Å². The average Bonchev–Trinajstić information content (AvgIpc) is 3.51. The van der Waals surface area contributed by atoms with Crippen molar-refractivity contribution < 1.29 is 94.5 Å². The van der Waals surface area contributed by atoms with Gasteiger partial charge >= 0.3 is 49.4 Å². The fraction of sp³-hybridized carbons (Fsp3) is 0.271. The molecule has 80 heavy (non-hydrogen) atoms. The molecule has 0 amide bonds. The lowest BCUT2D eigenvalue weighted by Crippen LogP contribution is -2.67. The van der Waals surface area contributed by atoms with E-state index >= 15 is 0 Å². The Kier molecular flexibility index (Phi) is 19.9. The number of rotatable bonds is 21. The number of hydrogen-bond acceptors (Lipinski definition) is 20. The number of carbonyl (C=O) groups is 7. The lowest BCUT2D eigenvalue weighted by atomic mass is 9.93. The van der Waals surface area contributed by atoms with Crippen molar-refractivity contribution in [2.24, 2.45) is 0 Å². The Morgan fingerprint density at radius 1 is 0.375 bits per heavy atom. The highest BCUT2D eigenvalue weighted by molar-refractivity contribution is 7.53. The van der Waals surface area contributed by atoms with E-state index in [0.29, 0.717) is 0 Å². The maximum Gasteiger partial charge on any atom is 0.338 e. The van der Waals surface area contributed by atoms with Crippen LogP contribution in [0.15, 0.2) is 182 Å². The predicted molar refractivity (Wildman–Crippen MR) is 280 cm³/mol. The van der Waals surface area contributed by atoms with Crippen LogP contribution in [0.25, 0.3) is 0 Å².